The predicted molar refractivity (Wildman–Crippen MR) is 59.9 cm³/mol. The topological polar surface area (TPSA) is 55.1 Å². The van der Waals surface area contributed by atoms with Crippen LogP contribution in [-0.2, 0) is 17.4 Å². The molecule has 1 aromatic carbocycles. The molecular weight excluding hydrogens is 261 g/mol. The Balaban J connectivity index is 2.32. The van der Waals surface area contributed by atoms with Crippen molar-refractivity contribution >= 4 is 5.97 Å². The van der Waals surface area contributed by atoms with Crippen LogP contribution in [0.15, 0.2) is 36.7 Å². The fourth-order valence-corrected chi connectivity index (χ4v) is 1.59. The van der Waals surface area contributed by atoms with Gasteiger partial charge in [-0.15, -0.1) is 0 Å². The number of halogens is 3. The first-order chi connectivity index (χ1) is 8.86. The van der Waals surface area contributed by atoms with Crippen LogP contribution >= 0.6 is 0 Å². The summed E-state index contributed by atoms with van der Waals surface area (Å²) in [5.74, 6) is -1.02. The average molecular weight is 270 g/mol. The molecule has 0 saturated carbocycles. The van der Waals surface area contributed by atoms with E-state index in [1.165, 1.54) is 29.2 Å². The van der Waals surface area contributed by atoms with Crippen LogP contribution in [0.4, 0.5) is 13.2 Å². The first-order valence-corrected chi connectivity index (χ1v) is 5.29. The van der Waals surface area contributed by atoms with Gasteiger partial charge in [-0.25, -0.2) is 4.68 Å². The number of carboxylic acids is 1. The number of alkyl halides is 3. The Morgan fingerprint density at radius 2 is 2.11 bits per heavy atom. The molecule has 7 heteroatoms. The highest BCUT2D eigenvalue weighted by Gasteiger charge is 2.30. The molecule has 0 bridgehead atoms. The molecule has 1 N–H and O–H groups in total. The second-order valence-electron chi connectivity index (χ2n) is 3.91. The molecule has 0 spiro atoms. The molecule has 0 saturated heterocycles. The monoisotopic (exact) mass is 270 g/mol. The molecule has 1 heterocycles. The highest BCUT2D eigenvalue weighted by molar-refractivity contribution is 5.69. The summed E-state index contributed by atoms with van der Waals surface area (Å²) < 4.78 is 38.9. The number of aromatic nitrogens is 2. The van der Waals surface area contributed by atoms with Gasteiger partial charge in [0.1, 0.15) is 0 Å². The van der Waals surface area contributed by atoms with Crippen molar-refractivity contribution in [1.82, 2.24) is 9.78 Å². The Morgan fingerprint density at radius 1 is 1.37 bits per heavy atom. The van der Waals surface area contributed by atoms with Crippen LogP contribution in [0.2, 0.25) is 0 Å². The molecule has 100 valence electrons. The van der Waals surface area contributed by atoms with E-state index in [0.717, 1.165) is 12.1 Å². The molecule has 4 nitrogen and oxygen atoms in total. The van der Waals surface area contributed by atoms with Gasteiger partial charge in [-0.05, 0) is 18.2 Å². The van der Waals surface area contributed by atoms with Crippen molar-refractivity contribution in [1.29, 1.82) is 0 Å². The molecule has 2 aromatic rings. The number of nitrogens with zero attached hydrogens (tertiary/aromatic N) is 2. The molecule has 0 amide bonds. The van der Waals surface area contributed by atoms with Gasteiger partial charge in [0.05, 0.1) is 23.9 Å². The maximum absolute atomic E-state index is 12.6. The van der Waals surface area contributed by atoms with Gasteiger partial charge in [-0.2, -0.15) is 18.3 Å². The van der Waals surface area contributed by atoms with Crippen LogP contribution in [-0.4, -0.2) is 20.9 Å². The van der Waals surface area contributed by atoms with E-state index in [0.29, 0.717) is 5.56 Å². The SMILES string of the molecule is O=C(O)Cc1cnn(-c2cccc(C(F)(F)F)c2)c1. The van der Waals surface area contributed by atoms with Crippen LogP contribution in [0.3, 0.4) is 0 Å². The number of rotatable bonds is 3. The number of hydrogen-bond donors (Lipinski definition) is 1. The summed E-state index contributed by atoms with van der Waals surface area (Å²) in [6.45, 7) is 0. The van der Waals surface area contributed by atoms with Crippen molar-refractivity contribution in [3.63, 3.8) is 0 Å². The van der Waals surface area contributed by atoms with Gasteiger partial charge in [0.25, 0.3) is 0 Å². The van der Waals surface area contributed by atoms with Crippen molar-refractivity contribution in [2.45, 2.75) is 12.6 Å². The summed E-state index contributed by atoms with van der Waals surface area (Å²) in [5.41, 5.74) is -0.128. The molecule has 0 aliphatic carbocycles. The molecule has 0 aliphatic heterocycles. The number of carbonyl (C=O) groups is 1. The number of hydrogen-bond acceptors (Lipinski definition) is 2. The number of aliphatic carboxylic acids is 1. The van der Waals surface area contributed by atoms with E-state index in [-0.39, 0.29) is 12.1 Å². The van der Waals surface area contributed by atoms with E-state index in [9.17, 15) is 18.0 Å². The first kappa shape index (κ1) is 13.1. The Kier molecular flexibility index (Phi) is 3.28. The molecule has 0 fully saturated rings. The molecule has 0 atom stereocenters. The molecule has 2 rings (SSSR count). The van der Waals surface area contributed by atoms with Crippen LogP contribution < -0.4 is 0 Å². The fourth-order valence-electron chi connectivity index (χ4n) is 1.59. The van der Waals surface area contributed by atoms with Crippen LogP contribution in [0.25, 0.3) is 5.69 Å². The van der Waals surface area contributed by atoms with Gasteiger partial charge in [0, 0.05) is 11.8 Å². The summed E-state index contributed by atoms with van der Waals surface area (Å²) in [6, 6.07) is 4.66. The third-order valence-electron chi connectivity index (χ3n) is 2.43. The van der Waals surface area contributed by atoms with Crippen molar-refractivity contribution in [2.24, 2.45) is 0 Å². The molecule has 19 heavy (non-hydrogen) atoms. The Labute approximate surface area is 106 Å². The lowest BCUT2D eigenvalue weighted by atomic mass is 10.2. The van der Waals surface area contributed by atoms with Crippen LogP contribution in [0.1, 0.15) is 11.1 Å². The molecule has 1 aromatic heterocycles. The summed E-state index contributed by atoms with van der Waals surface area (Å²) in [7, 11) is 0. The zero-order chi connectivity index (χ0) is 14.0. The Morgan fingerprint density at radius 3 is 2.74 bits per heavy atom. The normalized spacial score (nSPS) is 11.5. The third-order valence-corrected chi connectivity index (χ3v) is 2.43. The summed E-state index contributed by atoms with van der Waals surface area (Å²) in [4.78, 5) is 10.5. The summed E-state index contributed by atoms with van der Waals surface area (Å²) in [5, 5.41) is 12.5. The van der Waals surface area contributed by atoms with E-state index >= 15 is 0 Å². The minimum Gasteiger partial charge on any atom is -0.481 e. The second kappa shape index (κ2) is 4.75. The smallest absolute Gasteiger partial charge is 0.416 e. The van der Waals surface area contributed by atoms with Crippen LogP contribution in [0, 0.1) is 0 Å². The molecular formula is C12H9F3N2O2. The third kappa shape index (κ3) is 3.12. The van der Waals surface area contributed by atoms with Gasteiger partial charge >= 0.3 is 12.1 Å². The minimum atomic E-state index is -4.42. The number of benzene rings is 1. The Bertz CT molecular complexity index is 605. The van der Waals surface area contributed by atoms with E-state index in [2.05, 4.69) is 5.10 Å². The van der Waals surface area contributed by atoms with Crippen LogP contribution in [0.5, 0.6) is 0 Å². The second-order valence-corrected chi connectivity index (χ2v) is 3.91. The quantitative estimate of drug-likeness (QED) is 0.932. The van der Waals surface area contributed by atoms with E-state index in [1.54, 1.807) is 0 Å². The predicted octanol–water partition coefficient (Wildman–Crippen LogP) is 2.52. The van der Waals surface area contributed by atoms with Gasteiger partial charge < -0.3 is 5.11 Å². The average Bonchev–Trinajstić information content (AvgIpc) is 2.76. The summed E-state index contributed by atoms with van der Waals surface area (Å²) >= 11 is 0. The van der Waals surface area contributed by atoms with Gasteiger partial charge in [0.2, 0.25) is 0 Å². The first-order valence-electron chi connectivity index (χ1n) is 5.29. The van der Waals surface area contributed by atoms with Crippen molar-refractivity contribution in [2.75, 3.05) is 0 Å². The van der Waals surface area contributed by atoms with E-state index < -0.39 is 17.7 Å². The summed E-state index contributed by atoms with van der Waals surface area (Å²) in [6.07, 6.45) is -1.94. The standard InChI is InChI=1S/C12H9F3N2O2/c13-12(14,15)9-2-1-3-10(5-9)17-7-8(6-16-17)4-11(18)19/h1-3,5-7H,4H2,(H,18,19). The lowest BCUT2D eigenvalue weighted by molar-refractivity contribution is -0.138. The minimum absolute atomic E-state index is 0.223. The van der Waals surface area contributed by atoms with Gasteiger partial charge in [0.15, 0.2) is 0 Å². The fraction of sp³-hybridized carbons (Fsp3) is 0.167. The highest BCUT2D eigenvalue weighted by Crippen LogP contribution is 2.30. The zero-order valence-electron chi connectivity index (χ0n) is 9.55. The van der Waals surface area contributed by atoms with Crippen molar-refractivity contribution in [3.8, 4) is 5.69 Å². The Hall–Kier alpha value is -2.31. The highest BCUT2D eigenvalue weighted by atomic mass is 19.4. The zero-order valence-corrected chi connectivity index (χ0v) is 9.55. The van der Waals surface area contributed by atoms with E-state index in [4.69, 9.17) is 5.11 Å². The number of carboxylic acid groups (broad SMARTS) is 1. The van der Waals surface area contributed by atoms with Gasteiger partial charge in [-0.1, -0.05) is 6.07 Å². The lowest BCUT2D eigenvalue weighted by Gasteiger charge is -2.08. The lowest BCUT2D eigenvalue weighted by Crippen LogP contribution is -2.06. The van der Waals surface area contributed by atoms with Crippen molar-refractivity contribution < 1.29 is 23.1 Å². The molecule has 0 unspecified atom stereocenters. The van der Waals surface area contributed by atoms with Gasteiger partial charge in [-0.3, -0.25) is 4.79 Å². The molecule has 0 radical (unpaired) electrons. The molecule has 0 aliphatic rings. The van der Waals surface area contributed by atoms with Crippen molar-refractivity contribution in [3.05, 3.63) is 47.8 Å². The van der Waals surface area contributed by atoms with E-state index in [1.807, 2.05) is 0 Å². The largest absolute Gasteiger partial charge is 0.481 e. The maximum Gasteiger partial charge on any atom is 0.416 e. The maximum atomic E-state index is 12.6.